The quantitative estimate of drug-likeness (QED) is 0.690. The van der Waals surface area contributed by atoms with Gasteiger partial charge < -0.3 is 10.5 Å². The van der Waals surface area contributed by atoms with E-state index in [-0.39, 0.29) is 29.0 Å². The van der Waals surface area contributed by atoms with Crippen LogP contribution in [0.15, 0.2) is 30.5 Å². The lowest BCUT2D eigenvalue weighted by Crippen LogP contribution is -2.49. The monoisotopic (exact) mass is 383 g/mol. The second-order valence-corrected chi connectivity index (χ2v) is 7.42. The fraction of sp³-hybridized carbons (Fsp3) is 0.474. The molecule has 1 saturated carbocycles. The molecule has 0 saturated heterocycles. The molecular weight excluding hydrogens is 362 g/mol. The molecule has 2 N–H and O–H groups in total. The number of nitrogens with two attached hydrogens (primary N) is 1. The van der Waals surface area contributed by atoms with Crippen molar-refractivity contribution in [3.05, 3.63) is 41.9 Å². The first-order valence-corrected chi connectivity index (χ1v) is 8.58. The Morgan fingerprint density at radius 2 is 1.89 bits per heavy atom. The molecule has 0 amide bonds. The van der Waals surface area contributed by atoms with Crippen LogP contribution in [0.1, 0.15) is 50.9 Å². The normalized spacial score (nSPS) is 17.8. The maximum atomic E-state index is 13.5. The summed E-state index contributed by atoms with van der Waals surface area (Å²) in [6.45, 7) is 3.96. The second kappa shape index (κ2) is 7.07. The van der Waals surface area contributed by atoms with E-state index in [2.05, 4.69) is 9.97 Å². The topological polar surface area (TPSA) is 61.0 Å². The van der Waals surface area contributed by atoms with Gasteiger partial charge in [0.15, 0.2) is 0 Å². The molecule has 1 aliphatic rings. The second-order valence-electron chi connectivity index (χ2n) is 7.42. The zero-order valence-corrected chi connectivity index (χ0v) is 15.1. The molecule has 146 valence electrons. The van der Waals surface area contributed by atoms with Gasteiger partial charge >= 0.3 is 0 Å². The zero-order chi connectivity index (χ0) is 19.8. The van der Waals surface area contributed by atoms with Crippen LogP contribution in [0.3, 0.4) is 0 Å². The van der Waals surface area contributed by atoms with Crippen LogP contribution in [0.2, 0.25) is 0 Å². The average Bonchev–Trinajstić information content (AvgIpc) is 3.39. The van der Waals surface area contributed by atoms with E-state index in [4.69, 9.17) is 10.5 Å². The van der Waals surface area contributed by atoms with Gasteiger partial charge in [0.1, 0.15) is 23.7 Å². The van der Waals surface area contributed by atoms with Crippen LogP contribution in [0.4, 0.5) is 17.6 Å². The number of hydrogen-bond donors (Lipinski definition) is 1. The summed E-state index contributed by atoms with van der Waals surface area (Å²) < 4.78 is 58.2. The van der Waals surface area contributed by atoms with Crippen LogP contribution in [-0.4, -0.2) is 22.1 Å². The van der Waals surface area contributed by atoms with Crippen molar-refractivity contribution < 1.29 is 22.3 Å². The van der Waals surface area contributed by atoms with Crippen LogP contribution in [0.5, 0.6) is 5.75 Å². The van der Waals surface area contributed by atoms with Crippen molar-refractivity contribution in [3.8, 4) is 17.0 Å². The zero-order valence-electron chi connectivity index (χ0n) is 15.1. The van der Waals surface area contributed by atoms with Gasteiger partial charge in [-0.2, -0.15) is 0 Å². The minimum Gasteiger partial charge on any atom is -0.490 e. The van der Waals surface area contributed by atoms with Gasteiger partial charge in [0, 0.05) is 11.8 Å². The molecule has 0 aromatic carbocycles. The van der Waals surface area contributed by atoms with Gasteiger partial charge in [-0.15, -0.1) is 0 Å². The van der Waals surface area contributed by atoms with Gasteiger partial charge in [0.25, 0.3) is 12.9 Å². The van der Waals surface area contributed by atoms with Gasteiger partial charge in [0.05, 0.1) is 11.2 Å². The standard InChI is InChI=1S/C19H21F4N3O/c1-18(6-7-18)19(2,24)10-27-14-4-3-12(26-15(14)17(22)23)11-5-8-25-13(9-11)16(20)21/h3-5,8-9,16-17H,6-7,10,24H2,1-2H3/t19-/m1/s1. The lowest BCUT2D eigenvalue weighted by Gasteiger charge is -2.31. The summed E-state index contributed by atoms with van der Waals surface area (Å²) in [5.41, 5.74) is 5.02. The molecule has 0 aliphatic heterocycles. The summed E-state index contributed by atoms with van der Waals surface area (Å²) in [5, 5.41) is 0. The predicted molar refractivity (Wildman–Crippen MR) is 92.8 cm³/mol. The highest BCUT2D eigenvalue weighted by Gasteiger charge is 2.51. The molecule has 3 rings (SSSR count). The number of rotatable bonds is 7. The van der Waals surface area contributed by atoms with Gasteiger partial charge in [-0.05, 0) is 49.4 Å². The summed E-state index contributed by atoms with van der Waals surface area (Å²) in [6, 6.07) is 5.40. The Balaban J connectivity index is 1.86. The molecule has 2 heterocycles. The highest BCUT2D eigenvalue weighted by Crippen LogP contribution is 2.52. The van der Waals surface area contributed by atoms with E-state index in [0.717, 1.165) is 18.9 Å². The van der Waals surface area contributed by atoms with Crippen molar-refractivity contribution in [2.45, 2.75) is 45.1 Å². The molecule has 2 aromatic heterocycles. The Kier molecular flexibility index (Phi) is 5.12. The molecule has 0 unspecified atom stereocenters. The molecule has 1 atom stereocenters. The first kappa shape index (κ1) is 19.5. The van der Waals surface area contributed by atoms with E-state index in [0.29, 0.717) is 0 Å². The summed E-state index contributed by atoms with van der Waals surface area (Å²) in [6.07, 6.45) is -2.50. The minimum absolute atomic E-state index is 0.0576. The number of alkyl halides is 4. The van der Waals surface area contributed by atoms with Crippen molar-refractivity contribution in [1.29, 1.82) is 0 Å². The molecule has 0 bridgehead atoms. The maximum Gasteiger partial charge on any atom is 0.284 e. The number of halogens is 4. The van der Waals surface area contributed by atoms with Crippen LogP contribution in [0.25, 0.3) is 11.3 Å². The van der Waals surface area contributed by atoms with Crippen molar-refractivity contribution in [2.75, 3.05) is 6.61 Å². The Morgan fingerprint density at radius 1 is 1.19 bits per heavy atom. The fourth-order valence-corrected chi connectivity index (χ4v) is 2.79. The third-order valence-corrected chi connectivity index (χ3v) is 5.30. The minimum atomic E-state index is -2.88. The largest absolute Gasteiger partial charge is 0.490 e. The first-order chi connectivity index (χ1) is 12.6. The highest BCUT2D eigenvalue weighted by molar-refractivity contribution is 5.60. The maximum absolute atomic E-state index is 13.5. The highest BCUT2D eigenvalue weighted by atomic mass is 19.3. The number of hydrogen-bond acceptors (Lipinski definition) is 4. The molecule has 1 aliphatic carbocycles. The van der Waals surface area contributed by atoms with E-state index >= 15 is 0 Å². The van der Waals surface area contributed by atoms with Gasteiger partial charge in [-0.25, -0.2) is 22.5 Å². The molecule has 0 radical (unpaired) electrons. The number of ether oxygens (including phenoxy) is 1. The third kappa shape index (κ3) is 4.05. The number of nitrogens with zero attached hydrogens (tertiary/aromatic N) is 2. The fourth-order valence-electron chi connectivity index (χ4n) is 2.79. The predicted octanol–water partition coefficient (Wildman–Crippen LogP) is 4.92. The lowest BCUT2D eigenvalue weighted by molar-refractivity contribution is 0.128. The smallest absolute Gasteiger partial charge is 0.284 e. The first-order valence-electron chi connectivity index (χ1n) is 8.58. The molecular formula is C19H21F4N3O. The third-order valence-electron chi connectivity index (χ3n) is 5.30. The summed E-state index contributed by atoms with van der Waals surface area (Å²) >= 11 is 0. The van der Waals surface area contributed by atoms with Crippen molar-refractivity contribution >= 4 is 0 Å². The summed E-state index contributed by atoms with van der Waals surface area (Å²) in [7, 11) is 0. The van der Waals surface area contributed by atoms with Crippen LogP contribution in [-0.2, 0) is 0 Å². The van der Waals surface area contributed by atoms with E-state index in [9.17, 15) is 17.6 Å². The van der Waals surface area contributed by atoms with E-state index in [1.54, 1.807) is 0 Å². The number of aromatic nitrogens is 2. The van der Waals surface area contributed by atoms with Crippen LogP contribution >= 0.6 is 0 Å². The molecule has 2 aromatic rings. The van der Waals surface area contributed by atoms with E-state index < -0.39 is 29.8 Å². The molecule has 27 heavy (non-hydrogen) atoms. The lowest BCUT2D eigenvalue weighted by atomic mass is 9.86. The Labute approximate surface area is 154 Å². The summed E-state index contributed by atoms with van der Waals surface area (Å²) in [5.74, 6) is -0.0576. The summed E-state index contributed by atoms with van der Waals surface area (Å²) in [4.78, 5) is 7.49. The van der Waals surface area contributed by atoms with Crippen molar-refractivity contribution in [1.82, 2.24) is 9.97 Å². The number of pyridine rings is 2. The van der Waals surface area contributed by atoms with Gasteiger partial charge in [-0.1, -0.05) is 6.92 Å². The molecule has 0 spiro atoms. The SMILES string of the molecule is CC1([C@](C)(N)COc2ccc(-c3ccnc(C(F)F)c3)nc2C(F)F)CC1. The van der Waals surface area contributed by atoms with Crippen molar-refractivity contribution in [3.63, 3.8) is 0 Å². The Hall–Kier alpha value is -2.22. The Bertz CT molecular complexity index is 822. The Morgan fingerprint density at radius 3 is 2.48 bits per heavy atom. The molecule has 4 nitrogen and oxygen atoms in total. The van der Waals surface area contributed by atoms with E-state index in [1.807, 2.05) is 13.8 Å². The average molecular weight is 383 g/mol. The van der Waals surface area contributed by atoms with Crippen molar-refractivity contribution in [2.24, 2.45) is 11.1 Å². The van der Waals surface area contributed by atoms with E-state index in [1.165, 1.54) is 24.4 Å². The van der Waals surface area contributed by atoms with Crippen LogP contribution < -0.4 is 10.5 Å². The molecule has 1 fully saturated rings. The molecule has 8 heteroatoms. The van der Waals surface area contributed by atoms with Crippen LogP contribution in [0, 0.1) is 5.41 Å². The van der Waals surface area contributed by atoms with Gasteiger partial charge in [0.2, 0.25) is 0 Å². The van der Waals surface area contributed by atoms with Gasteiger partial charge in [-0.3, -0.25) is 4.98 Å².